The Balaban J connectivity index is 1.89. The zero-order valence-corrected chi connectivity index (χ0v) is 18.1. The number of nitrogens with one attached hydrogen (secondary N) is 1. The van der Waals surface area contributed by atoms with Crippen LogP contribution in [0, 0.1) is 0 Å². The van der Waals surface area contributed by atoms with Crippen LogP contribution in [-0.2, 0) is 28.4 Å². The molecule has 0 aromatic carbocycles. The third-order valence-corrected chi connectivity index (χ3v) is 7.55. The maximum absolute atomic E-state index is 12.8. The molecule has 0 spiro atoms. The largest absolute Gasteiger partial charge is 0.386 e. The van der Waals surface area contributed by atoms with Crippen LogP contribution in [0.3, 0.4) is 0 Å². The smallest absolute Gasteiger partial charge is 0.354 e. The van der Waals surface area contributed by atoms with Crippen LogP contribution in [0.4, 0.5) is 10.5 Å². The molecule has 0 radical (unpaired) electrons. The van der Waals surface area contributed by atoms with E-state index in [1.807, 2.05) is 19.9 Å². The summed E-state index contributed by atoms with van der Waals surface area (Å²) in [5, 5.41) is 20.3. The Labute approximate surface area is 169 Å². The van der Waals surface area contributed by atoms with E-state index in [0.717, 1.165) is 47.6 Å². The summed E-state index contributed by atoms with van der Waals surface area (Å²) in [7, 11) is -3.40. The molecule has 7 nitrogen and oxygen atoms in total. The Morgan fingerprint density at radius 1 is 1.39 bits per heavy atom. The summed E-state index contributed by atoms with van der Waals surface area (Å²) in [5.74, 6) is 0.226. The molecule has 152 valence electrons. The highest BCUT2D eigenvalue weighted by molar-refractivity contribution is 7.93. The maximum Gasteiger partial charge on any atom is 0.354 e. The molecule has 0 saturated heterocycles. The van der Waals surface area contributed by atoms with E-state index in [4.69, 9.17) is 5.14 Å². The summed E-state index contributed by atoms with van der Waals surface area (Å²) < 4.78 is 16.8. The standard InChI is InChI=1S/C19H26N4O3S2/c1-11(2)15-9-16(13-6-5-7-14(13)21-15)22-18(24)23-28(20,26)17-8-12(10-27-17)19(3,4)25/h8-11,25H,5-7H2,1-4H3,(H3,20,21,22,23,24,26). The average Bonchev–Trinajstić information content (AvgIpc) is 3.23. The molecule has 0 fully saturated rings. The summed E-state index contributed by atoms with van der Waals surface area (Å²) in [6, 6.07) is 2.64. The van der Waals surface area contributed by atoms with Gasteiger partial charge in [0.15, 0.2) is 9.92 Å². The van der Waals surface area contributed by atoms with Crippen LogP contribution >= 0.6 is 11.3 Å². The van der Waals surface area contributed by atoms with E-state index in [1.54, 1.807) is 19.2 Å². The minimum absolute atomic E-state index is 0.226. The molecule has 28 heavy (non-hydrogen) atoms. The first-order chi connectivity index (χ1) is 13.0. The number of amides is 2. The molecule has 0 aliphatic heterocycles. The number of pyridine rings is 1. The molecule has 0 bridgehead atoms. The molecule has 1 unspecified atom stereocenters. The van der Waals surface area contributed by atoms with E-state index in [9.17, 15) is 14.1 Å². The molecule has 1 aliphatic rings. The fraction of sp³-hybridized carbons (Fsp3) is 0.474. The van der Waals surface area contributed by atoms with Gasteiger partial charge in [0.2, 0.25) is 0 Å². The third-order valence-electron chi connectivity index (χ3n) is 4.69. The summed E-state index contributed by atoms with van der Waals surface area (Å²) >= 11 is 1.11. The predicted molar refractivity (Wildman–Crippen MR) is 112 cm³/mol. The van der Waals surface area contributed by atoms with E-state index >= 15 is 0 Å². The second-order valence-electron chi connectivity index (χ2n) is 7.83. The third kappa shape index (κ3) is 4.43. The highest BCUT2D eigenvalue weighted by Crippen LogP contribution is 2.31. The maximum atomic E-state index is 12.8. The number of urea groups is 1. The Morgan fingerprint density at radius 3 is 2.71 bits per heavy atom. The molecular weight excluding hydrogens is 396 g/mol. The Hall–Kier alpha value is -1.81. The average molecular weight is 423 g/mol. The molecule has 0 saturated carbocycles. The summed E-state index contributed by atoms with van der Waals surface area (Å²) in [4.78, 5) is 17.2. The monoisotopic (exact) mass is 422 g/mol. The fourth-order valence-electron chi connectivity index (χ4n) is 3.07. The number of carbonyl (C=O) groups is 1. The number of anilines is 1. The molecule has 9 heteroatoms. The van der Waals surface area contributed by atoms with Crippen LogP contribution in [0.1, 0.15) is 62.5 Å². The van der Waals surface area contributed by atoms with Gasteiger partial charge in [0.1, 0.15) is 4.21 Å². The van der Waals surface area contributed by atoms with Gasteiger partial charge in [-0.1, -0.05) is 13.8 Å². The van der Waals surface area contributed by atoms with Gasteiger partial charge in [-0.25, -0.2) is 14.1 Å². The van der Waals surface area contributed by atoms with Crippen molar-refractivity contribution in [1.82, 2.24) is 4.98 Å². The zero-order valence-electron chi connectivity index (χ0n) is 16.5. The van der Waals surface area contributed by atoms with Gasteiger partial charge in [0.25, 0.3) is 0 Å². The van der Waals surface area contributed by atoms with Gasteiger partial charge in [0, 0.05) is 17.1 Å². The van der Waals surface area contributed by atoms with Crippen LogP contribution in [0.5, 0.6) is 0 Å². The first-order valence-electron chi connectivity index (χ1n) is 9.17. The number of hydrogen-bond acceptors (Lipinski definition) is 5. The molecule has 2 heterocycles. The van der Waals surface area contributed by atoms with E-state index in [2.05, 4.69) is 14.7 Å². The zero-order chi connectivity index (χ0) is 20.7. The fourth-order valence-corrected chi connectivity index (χ4v) is 5.35. The molecule has 3 rings (SSSR count). The van der Waals surface area contributed by atoms with E-state index in [-0.39, 0.29) is 10.1 Å². The van der Waals surface area contributed by atoms with Gasteiger partial charge in [-0.15, -0.1) is 15.7 Å². The lowest BCUT2D eigenvalue weighted by atomic mass is 10.0. The van der Waals surface area contributed by atoms with Crippen molar-refractivity contribution in [2.24, 2.45) is 9.50 Å². The quantitative estimate of drug-likeness (QED) is 0.692. The first-order valence-corrected chi connectivity index (χ1v) is 11.6. The topological polar surface area (TPSA) is 118 Å². The molecule has 2 aromatic heterocycles. The number of aliphatic hydroxyl groups is 1. The number of nitrogens with two attached hydrogens (primary N) is 1. The second-order valence-corrected chi connectivity index (χ2v) is 10.8. The minimum atomic E-state index is -3.40. The summed E-state index contributed by atoms with van der Waals surface area (Å²) in [6.07, 6.45) is 2.72. The van der Waals surface area contributed by atoms with Gasteiger partial charge >= 0.3 is 6.03 Å². The summed E-state index contributed by atoms with van der Waals surface area (Å²) in [6.45, 7) is 7.33. The number of aryl methyl sites for hydroxylation is 1. The number of hydrogen-bond donors (Lipinski definition) is 3. The Bertz CT molecular complexity index is 1030. The highest BCUT2D eigenvalue weighted by Gasteiger charge is 2.23. The van der Waals surface area contributed by atoms with Crippen LogP contribution in [0.15, 0.2) is 26.1 Å². The molecule has 2 aromatic rings. The lowest BCUT2D eigenvalue weighted by Gasteiger charge is -2.14. The number of nitrogens with zero attached hydrogens (tertiary/aromatic N) is 2. The highest BCUT2D eigenvalue weighted by atomic mass is 32.2. The Morgan fingerprint density at radius 2 is 2.11 bits per heavy atom. The predicted octanol–water partition coefficient (Wildman–Crippen LogP) is 3.92. The number of rotatable bonds is 4. The summed E-state index contributed by atoms with van der Waals surface area (Å²) in [5.41, 5.74) is 3.07. The Kier molecular flexibility index (Phi) is 5.64. The van der Waals surface area contributed by atoms with E-state index in [1.165, 1.54) is 6.07 Å². The lowest BCUT2D eigenvalue weighted by Crippen LogP contribution is -2.18. The second kappa shape index (κ2) is 7.55. The van der Waals surface area contributed by atoms with Crippen molar-refractivity contribution in [3.8, 4) is 0 Å². The van der Waals surface area contributed by atoms with E-state index < -0.39 is 21.5 Å². The van der Waals surface area contributed by atoms with Crippen molar-refractivity contribution in [2.45, 2.75) is 62.7 Å². The normalized spacial score (nSPS) is 16.0. The SMILES string of the molecule is CC(C)c1cc(NC(=O)N=S(N)(=O)c2cc(C(C)(C)O)cs2)c2c(n1)CCC2. The van der Waals surface area contributed by atoms with Crippen molar-refractivity contribution in [3.63, 3.8) is 0 Å². The molecular formula is C19H26N4O3S2. The number of fused-ring (bicyclic) bond motifs is 1. The number of carbonyl (C=O) groups excluding carboxylic acids is 1. The van der Waals surface area contributed by atoms with Gasteiger partial charge < -0.3 is 10.4 Å². The van der Waals surface area contributed by atoms with Crippen LogP contribution in [0.25, 0.3) is 0 Å². The molecule has 1 aliphatic carbocycles. The van der Waals surface area contributed by atoms with Gasteiger partial charge in [-0.2, -0.15) is 0 Å². The molecule has 1 atom stereocenters. The molecule has 4 N–H and O–H groups in total. The van der Waals surface area contributed by atoms with Gasteiger partial charge in [-0.3, -0.25) is 4.98 Å². The van der Waals surface area contributed by atoms with E-state index in [0.29, 0.717) is 11.3 Å². The number of aromatic nitrogens is 1. The van der Waals surface area contributed by atoms with Crippen molar-refractivity contribution in [2.75, 3.05) is 5.32 Å². The lowest BCUT2D eigenvalue weighted by molar-refractivity contribution is 0.0789. The van der Waals surface area contributed by atoms with Crippen LogP contribution in [-0.4, -0.2) is 20.3 Å². The van der Waals surface area contributed by atoms with Gasteiger partial charge in [-0.05, 0) is 67.7 Å². The number of thiophene rings is 1. The molecule has 2 amide bonds. The first kappa shape index (κ1) is 20.9. The van der Waals surface area contributed by atoms with Crippen molar-refractivity contribution >= 4 is 33.0 Å². The van der Waals surface area contributed by atoms with Crippen molar-refractivity contribution < 1.29 is 14.1 Å². The van der Waals surface area contributed by atoms with Crippen molar-refractivity contribution in [1.29, 1.82) is 0 Å². The van der Waals surface area contributed by atoms with Gasteiger partial charge in [0.05, 0.1) is 5.60 Å². The van der Waals surface area contributed by atoms with Crippen LogP contribution < -0.4 is 10.5 Å². The minimum Gasteiger partial charge on any atom is -0.386 e. The van der Waals surface area contributed by atoms with Crippen LogP contribution in [0.2, 0.25) is 0 Å². The van der Waals surface area contributed by atoms with Crippen molar-refractivity contribution in [3.05, 3.63) is 40.0 Å².